The van der Waals surface area contributed by atoms with Crippen molar-refractivity contribution in [3.8, 4) is 11.1 Å². The van der Waals surface area contributed by atoms with Crippen LogP contribution in [0.2, 0.25) is 0 Å². The Morgan fingerprint density at radius 2 is 1.44 bits per heavy atom. The number of benzene rings is 4. The Balaban J connectivity index is 1.31. The summed E-state index contributed by atoms with van der Waals surface area (Å²) in [6, 6.07) is 29.0. The van der Waals surface area contributed by atoms with E-state index in [1.54, 1.807) is 0 Å². The number of amides is 1. The van der Waals surface area contributed by atoms with Gasteiger partial charge in [0.05, 0.1) is 0 Å². The highest BCUT2D eigenvalue weighted by Gasteiger charge is 2.32. The van der Waals surface area contributed by atoms with Crippen molar-refractivity contribution in [2.75, 3.05) is 13.7 Å². The van der Waals surface area contributed by atoms with Gasteiger partial charge in [-0.1, -0.05) is 91.0 Å². The Labute approximate surface area is 198 Å². The summed E-state index contributed by atoms with van der Waals surface area (Å²) in [7, 11) is 1.48. The van der Waals surface area contributed by atoms with Crippen molar-refractivity contribution in [1.29, 1.82) is 0 Å². The number of carbonyl (C=O) groups is 2. The van der Waals surface area contributed by atoms with Crippen molar-refractivity contribution in [2.45, 2.75) is 18.4 Å². The molecule has 4 aromatic carbocycles. The van der Waals surface area contributed by atoms with Crippen LogP contribution in [0, 0.1) is 0 Å². The molecule has 0 heterocycles. The minimum Gasteiger partial charge on any atom is -0.480 e. The minimum absolute atomic E-state index is 0.0754. The average molecular weight is 452 g/mol. The van der Waals surface area contributed by atoms with Crippen LogP contribution < -0.4 is 0 Å². The van der Waals surface area contributed by atoms with E-state index in [-0.39, 0.29) is 18.9 Å². The summed E-state index contributed by atoms with van der Waals surface area (Å²) in [5, 5.41) is 12.0. The second-order valence-corrected chi connectivity index (χ2v) is 8.65. The lowest BCUT2D eigenvalue weighted by molar-refractivity contribution is -0.142. The zero-order chi connectivity index (χ0) is 23.7. The molecule has 5 rings (SSSR count). The molecule has 4 aromatic rings. The van der Waals surface area contributed by atoms with Crippen LogP contribution in [0.15, 0.2) is 91.0 Å². The maximum atomic E-state index is 12.9. The van der Waals surface area contributed by atoms with Gasteiger partial charge in [-0.05, 0) is 38.6 Å². The molecule has 0 saturated heterocycles. The molecule has 1 N–H and O–H groups in total. The van der Waals surface area contributed by atoms with Crippen LogP contribution in [-0.2, 0) is 16.0 Å². The molecule has 1 amide bonds. The predicted octanol–water partition coefficient (Wildman–Crippen LogP) is 5.72. The number of ether oxygens (including phenoxy) is 1. The van der Waals surface area contributed by atoms with E-state index in [4.69, 9.17) is 4.74 Å². The smallest absolute Gasteiger partial charge is 0.410 e. The van der Waals surface area contributed by atoms with Crippen LogP contribution >= 0.6 is 0 Å². The van der Waals surface area contributed by atoms with Crippen LogP contribution in [0.4, 0.5) is 4.79 Å². The highest BCUT2D eigenvalue weighted by atomic mass is 16.6. The molecule has 1 aliphatic rings. The van der Waals surface area contributed by atoms with Gasteiger partial charge in [0.15, 0.2) is 0 Å². The van der Waals surface area contributed by atoms with Gasteiger partial charge < -0.3 is 9.84 Å². The molecule has 0 spiro atoms. The van der Waals surface area contributed by atoms with E-state index in [0.29, 0.717) is 0 Å². The molecule has 170 valence electrons. The fraction of sp³-hybridized carbons (Fsp3) is 0.172. The summed E-state index contributed by atoms with van der Waals surface area (Å²) in [6.07, 6.45) is -0.448. The summed E-state index contributed by atoms with van der Waals surface area (Å²) in [5.74, 6) is -1.14. The first-order chi connectivity index (χ1) is 16.5. The number of carboxylic acid groups (broad SMARTS) is 1. The fourth-order valence-corrected chi connectivity index (χ4v) is 4.80. The van der Waals surface area contributed by atoms with Gasteiger partial charge in [0.1, 0.15) is 12.6 Å². The number of carboxylic acids is 1. The molecular weight excluding hydrogens is 426 g/mol. The van der Waals surface area contributed by atoms with E-state index < -0.39 is 18.1 Å². The van der Waals surface area contributed by atoms with E-state index in [9.17, 15) is 14.7 Å². The lowest BCUT2D eigenvalue weighted by atomic mass is 9.98. The average Bonchev–Trinajstić information content (AvgIpc) is 3.19. The molecule has 0 unspecified atom stereocenters. The zero-order valence-electron chi connectivity index (χ0n) is 18.8. The molecule has 34 heavy (non-hydrogen) atoms. The third-order valence-corrected chi connectivity index (χ3v) is 6.62. The number of carbonyl (C=O) groups excluding carboxylic acids is 1. The Kier molecular flexibility index (Phi) is 5.76. The van der Waals surface area contributed by atoms with Gasteiger partial charge in [-0.3, -0.25) is 4.90 Å². The Bertz CT molecular complexity index is 1330. The molecule has 0 aliphatic heterocycles. The normalized spacial score (nSPS) is 13.2. The lowest BCUT2D eigenvalue weighted by Crippen LogP contribution is -2.44. The largest absolute Gasteiger partial charge is 0.480 e. The highest BCUT2D eigenvalue weighted by molar-refractivity contribution is 5.84. The molecule has 0 aromatic heterocycles. The summed E-state index contributed by atoms with van der Waals surface area (Å²) >= 11 is 0. The standard InChI is InChI=1S/C29H25NO4/c1-30(27(28(31)32)17-19-14-15-20-8-2-3-9-21(20)16-19)29(33)34-18-26-24-12-6-4-10-22(24)23-11-5-7-13-25(23)26/h2-16,26-27H,17-18H2,1H3,(H,31,32)/t27-/m0/s1. The topological polar surface area (TPSA) is 66.8 Å². The van der Waals surface area contributed by atoms with Crippen molar-refractivity contribution in [3.05, 3.63) is 108 Å². The van der Waals surface area contributed by atoms with E-state index >= 15 is 0 Å². The quantitative estimate of drug-likeness (QED) is 0.407. The van der Waals surface area contributed by atoms with Crippen molar-refractivity contribution in [1.82, 2.24) is 4.90 Å². The van der Waals surface area contributed by atoms with Gasteiger partial charge in [0.25, 0.3) is 0 Å². The van der Waals surface area contributed by atoms with Crippen molar-refractivity contribution >= 4 is 22.8 Å². The summed E-state index contributed by atoms with van der Waals surface area (Å²) in [5.41, 5.74) is 5.37. The number of fused-ring (bicyclic) bond motifs is 4. The molecule has 5 nitrogen and oxygen atoms in total. The van der Waals surface area contributed by atoms with Gasteiger partial charge in [-0.25, -0.2) is 9.59 Å². The minimum atomic E-state index is -1.07. The molecule has 0 radical (unpaired) electrons. The molecule has 0 fully saturated rings. The number of hydrogen-bond donors (Lipinski definition) is 1. The second kappa shape index (κ2) is 9.02. The molecular formula is C29H25NO4. The first kappa shape index (κ1) is 21.7. The molecule has 5 heteroatoms. The third kappa shape index (κ3) is 4.01. The Morgan fingerprint density at radius 1 is 0.853 bits per heavy atom. The lowest BCUT2D eigenvalue weighted by Gasteiger charge is -2.25. The number of likely N-dealkylation sites (N-methyl/N-ethyl adjacent to an activating group) is 1. The predicted molar refractivity (Wildman–Crippen MR) is 132 cm³/mol. The van der Waals surface area contributed by atoms with Gasteiger partial charge >= 0.3 is 12.1 Å². The van der Waals surface area contributed by atoms with E-state index in [1.165, 1.54) is 11.9 Å². The van der Waals surface area contributed by atoms with E-state index in [2.05, 4.69) is 24.3 Å². The second-order valence-electron chi connectivity index (χ2n) is 8.65. The molecule has 0 bridgehead atoms. The highest BCUT2D eigenvalue weighted by Crippen LogP contribution is 2.44. The summed E-state index contributed by atoms with van der Waals surface area (Å²) < 4.78 is 5.66. The third-order valence-electron chi connectivity index (χ3n) is 6.62. The number of hydrogen-bond acceptors (Lipinski definition) is 3. The van der Waals surface area contributed by atoms with Crippen LogP contribution in [0.5, 0.6) is 0 Å². The van der Waals surface area contributed by atoms with Gasteiger partial charge in [-0.2, -0.15) is 0 Å². The fourth-order valence-electron chi connectivity index (χ4n) is 4.80. The Hall–Kier alpha value is -4.12. The van der Waals surface area contributed by atoms with Gasteiger partial charge in [-0.15, -0.1) is 0 Å². The van der Waals surface area contributed by atoms with Crippen molar-refractivity contribution < 1.29 is 19.4 Å². The summed E-state index contributed by atoms with van der Waals surface area (Å²) in [4.78, 5) is 26.1. The number of nitrogens with zero attached hydrogens (tertiary/aromatic N) is 1. The first-order valence-electron chi connectivity index (χ1n) is 11.3. The number of rotatable bonds is 6. The van der Waals surface area contributed by atoms with E-state index in [0.717, 1.165) is 38.6 Å². The molecule has 0 saturated carbocycles. The number of aliphatic carboxylic acids is 1. The van der Waals surface area contributed by atoms with Gasteiger partial charge in [0.2, 0.25) is 0 Å². The SMILES string of the molecule is CN(C(=O)OCC1c2ccccc2-c2ccccc21)[C@@H](Cc1ccc2ccccc2c1)C(=O)O. The zero-order valence-corrected chi connectivity index (χ0v) is 18.8. The van der Waals surface area contributed by atoms with E-state index in [1.807, 2.05) is 66.7 Å². The van der Waals surface area contributed by atoms with Crippen molar-refractivity contribution in [2.24, 2.45) is 0 Å². The van der Waals surface area contributed by atoms with Crippen LogP contribution in [-0.4, -0.2) is 41.8 Å². The Morgan fingerprint density at radius 3 is 2.09 bits per heavy atom. The molecule has 1 atom stereocenters. The van der Waals surface area contributed by atoms with Crippen LogP contribution in [0.25, 0.3) is 21.9 Å². The van der Waals surface area contributed by atoms with Crippen LogP contribution in [0.1, 0.15) is 22.6 Å². The van der Waals surface area contributed by atoms with Gasteiger partial charge in [0, 0.05) is 19.4 Å². The van der Waals surface area contributed by atoms with Crippen molar-refractivity contribution in [3.63, 3.8) is 0 Å². The first-order valence-corrected chi connectivity index (χ1v) is 11.3. The maximum Gasteiger partial charge on any atom is 0.410 e. The summed E-state index contributed by atoms with van der Waals surface area (Å²) in [6.45, 7) is 0.152. The maximum absolute atomic E-state index is 12.9. The molecule has 1 aliphatic carbocycles. The van der Waals surface area contributed by atoms with Crippen LogP contribution in [0.3, 0.4) is 0 Å². The monoisotopic (exact) mass is 451 g/mol.